The molecule has 0 aliphatic heterocycles. The molecule has 0 N–H and O–H groups in total. The third-order valence-corrected chi connectivity index (χ3v) is 4.45. The molecule has 0 aliphatic carbocycles. The van der Waals surface area contributed by atoms with Gasteiger partial charge in [-0.15, -0.1) is 0 Å². The first-order chi connectivity index (χ1) is 11.8. The fourth-order valence-electron chi connectivity index (χ4n) is 2.08. The van der Waals surface area contributed by atoms with Gasteiger partial charge in [0.25, 0.3) is 0 Å². The van der Waals surface area contributed by atoms with Crippen molar-refractivity contribution in [3.8, 4) is 0 Å². The Kier molecular flexibility index (Phi) is 6.84. The predicted molar refractivity (Wildman–Crippen MR) is 96.8 cm³/mol. The smallest absolute Gasteiger partial charge is 0.338 e. The Morgan fingerprint density at radius 2 is 1.68 bits per heavy atom. The Morgan fingerprint density at radius 3 is 2.36 bits per heavy atom. The summed E-state index contributed by atoms with van der Waals surface area (Å²) in [4.78, 5) is 24.6. The Bertz CT molecular complexity index is 822. The first kappa shape index (κ1) is 19.7. The summed E-state index contributed by atoms with van der Waals surface area (Å²) in [5.41, 5.74) is -0.0266. The summed E-state index contributed by atoms with van der Waals surface area (Å²) >= 11 is 6.16. The van der Waals surface area contributed by atoms with E-state index in [1.807, 2.05) is 6.92 Å². The number of rotatable bonds is 6. The van der Waals surface area contributed by atoms with E-state index in [9.17, 15) is 18.4 Å². The van der Waals surface area contributed by atoms with Gasteiger partial charge in [0.05, 0.1) is 22.2 Å². The van der Waals surface area contributed by atoms with Gasteiger partial charge in [-0.25, -0.2) is 13.6 Å². The molecule has 2 aromatic carbocycles. The topological polar surface area (TPSA) is 43.4 Å². The van der Waals surface area contributed by atoms with Crippen LogP contribution in [0.3, 0.4) is 0 Å². The van der Waals surface area contributed by atoms with Crippen molar-refractivity contribution in [2.45, 2.75) is 19.8 Å². The van der Waals surface area contributed by atoms with Gasteiger partial charge < -0.3 is 4.74 Å². The molecule has 0 saturated carbocycles. The maximum Gasteiger partial charge on any atom is 0.338 e. The summed E-state index contributed by atoms with van der Waals surface area (Å²) < 4.78 is 32.9. The number of hydrogen-bond acceptors (Lipinski definition) is 3. The van der Waals surface area contributed by atoms with Crippen molar-refractivity contribution in [3.05, 3.63) is 67.6 Å². The molecule has 0 bridgehead atoms. The maximum absolute atomic E-state index is 13.9. The van der Waals surface area contributed by atoms with E-state index in [1.54, 1.807) is 0 Å². The summed E-state index contributed by atoms with van der Waals surface area (Å²) in [5.74, 6) is -3.01. The van der Waals surface area contributed by atoms with Gasteiger partial charge in [-0.1, -0.05) is 29.3 Å². The number of benzene rings is 2. The molecule has 7 heteroatoms. The summed E-state index contributed by atoms with van der Waals surface area (Å²) in [7, 11) is 0. The van der Waals surface area contributed by atoms with Crippen LogP contribution in [-0.4, -0.2) is 18.4 Å². The van der Waals surface area contributed by atoms with E-state index < -0.39 is 23.4 Å². The highest BCUT2D eigenvalue weighted by Crippen LogP contribution is 2.24. The van der Waals surface area contributed by atoms with Gasteiger partial charge in [0.1, 0.15) is 11.6 Å². The number of esters is 1. The number of unbranched alkanes of at least 4 members (excludes halogenated alkanes) is 1. The highest BCUT2D eigenvalue weighted by atomic mass is 79.9. The van der Waals surface area contributed by atoms with E-state index in [0.29, 0.717) is 10.5 Å². The van der Waals surface area contributed by atoms with Crippen molar-refractivity contribution in [1.82, 2.24) is 0 Å². The molecule has 0 atom stereocenters. The van der Waals surface area contributed by atoms with Crippen LogP contribution in [0.15, 0.2) is 39.3 Å². The number of ether oxygens (including phenoxy) is 1. The van der Waals surface area contributed by atoms with E-state index in [1.165, 1.54) is 18.2 Å². The Hall–Kier alpha value is -1.60. The van der Waals surface area contributed by atoms with E-state index in [0.717, 1.165) is 18.9 Å². The quantitative estimate of drug-likeness (QED) is 0.234. The van der Waals surface area contributed by atoms with E-state index >= 15 is 0 Å². The maximum atomic E-state index is 13.9. The summed E-state index contributed by atoms with van der Waals surface area (Å²) in [5, 5.41) is 0. The predicted octanol–water partition coefficient (Wildman–Crippen LogP) is 5.68. The lowest BCUT2D eigenvalue weighted by atomic mass is 10.0. The van der Waals surface area contributed by atoms with Crippen LogP contribution in [0, 0.1) is 11.6 Å². The second-order valence-corrected chi connectivity index (χ2v) is 7.06. The molecule has 0 fully saturated rings. The Balaban J connectivity index is 2.35. The van der Waals surface area contributed by atoms with E-state index in [2.05, 4.69) is 31.9 Å². The molecule has 0 heterocycles. The standard InChI is InChI=1S/C18H14Br2F2O3/c1-2-3-4-25-18(24)11-5-10(6-12(19)7-11)17(23)13-8-14(20)16(22)9-15(13)21/h5-9H,2-4H2,1H3. The fraction of sp³-hybridized carbons (Fsp3) is 0.222. The van der Waals surface area contributed by atoms with E-state index in [4.69, 9.17) is 4.74 Å². The molecule has 3 nitrogen and oxygen atoms in total. The molecular weight excluding hydrogens is 462 g/mol. The number of carbonyl (C=O) groups is 2. The third kappa shape index (κ3) is 4.95. The average molecular weight is 476 g/mol. The van der Waals surface area contributed by atoms with Crippen molar-refractivity contribution in [1.29, 1.82) is 0 Å². The first-order valence-corrected chi connectivity index (χ1v) is 9.09. The molecule has 0 radical (unpaired) electrons. The highest BCUT2D eigenvalue weighted by molar-refractivity contribution is 9.10. The van der Waals surface area contributed by atoms with Crippen LogP contribution in [0.5, 0.6) is 0 Å². The van der Waals surface area contributed by atoms with Crippen LogP contribution < -0.4 is 0 Å². The normalized spacial score (nSPS) is 10.6. The molecule has 0 amide bonds. The first-order valence-electron chi connectivity index (χ1n) is 7.50. The number of halogens is 4. The summed E-state index contributed by atoms with van der Waals surface area (Å²) in [6, 6.07) is 6.02. The van der Waals surface area contributed by atoms with Gasteiger partial charge in [0.2, 0.25) is 0 Å². The second-order valence-electron chi connectivity index (χ2n) is 5.29. The monoisotopic (exact) mass is 474 g/mol. The largest absolute Gasteiger partial charge is 0.462 e. The van der Waals surface area contributed by atoms with Gasteiger partial charge in [-0.3, -0.25) is 4.79 Å². The Morgan fingerprint density at radius 1 is 1.00 bits per heavy atom. The minimum atomic E-state index is -0.974. The summed E-state index contributed by atoms with van der Waals surface area (Å²) in [6.07, 6.45) is 1.62. The van der Waals surface area contributed by atoms with Crippen LogP contribution in [0.4, 0.5) is 8.78 Å². The molecule has 2 aromatic rings. The second kappa shape index (κ2) is 8.67. The zero-order valence-electron chi connectivity index (χ0n) is 13.2. The molecule has 0 unspecified atom stereocenters. The molecule has 0 saturated heterocycles. The van der Waals surface area contributed by atoms with Crippen LogP contribution >= 0.6 is 31.9 Å². The number of ketones is 1. The third-order valence-electron chi connectivity index (χ3n) is 3.38. The zero-order valence-corrected chi connectivity index (χ0v) is 16.4. The van der Waals surface area contributed by atoms with Gasteiger partial charge in [-0.05, 0) is 46.6 Å². The van der Waals surface area contributed by atoms with Gasteiger partial charge in [0.15, 0.2) is 5.78 Å². The van der Waals surface area contributed by atoms with Crippen molar-refractivity contribution < 1.29 is 23.1 Å². The fourth-order valence-corrected chi connectivity index (χ4v) is 2.92. The van der Waals surface area contributed by atoms with Crippen molar-refractivity contribution in [2.75, 3.05) is 6.61 Å². The molecule has 132 valence electrons. The number of carbonyl (C=O) groups excluding carboxylic acids is 2. The molecule has 0 aromatic heterocycles. The van der Waals surface area contributed by atoms with Gasteiger partial charge >= 0.3 is 5.97 Å². The van der Waals surface area contributed by atoms with Crippen molar-refractivity contribution in [2.24, 2.45) is 0 Å². The van der Waals surface area contributed by atoms with Crippen molar-refractivity contribution >= 4 is 43.6 Å². The minimum absolute atomic E-state index is 0.0218. The zero-order chi connectivity index (χ0) is 18.6. The SMILES string of the molecule is CCCCOC(=O)c1cc(Br)cc(C(=O)c2cc(Br)c(F)cc2F)c1. The molecule has 2 rings (SSSR count). The summed E-state index contributed by atoms with van der Waals surface area (Å²) in [6.45, 7) is 2.25. The van der Waals surface area contributed by atoms with Gasteiger partial charge in [0, 0.05) is 16.1 Å². The van der Waals surface area contributed by atoms with Crippen LogP contribution in [-0.2, 0) is 4.74 Å². The minimum Gasteiger partial charge on any atom is -0.462 e. The van der Waals surface area contributed by atoms with Crippen LogP contribution in [0.25, 0.3) is 0 Å². The lowest BCUT2D eigenvalue weighted by Crippen LogP contribution is -2.10. The molecule has 25 heavy (non-hydrogen) atoms. The van der Waals surface area contributed by atoms with Crippen molar-refractivity contribution in [3.63, 3.8) is 0 Å². The van der Waals surface area contributed by atoms with Crippen LogP contribution in [0.1, 0.15) is 46.0 Å². The van der Waals surface area contributed by atoms with E-state index in [-0.39, 0.29) is 27.8 Å². The lowest BCUT2D eigenvalue weighted by molar-refractivity contribution is 0.0499. The number of hydrogen-bond donors (Lipinski definition) is 0. The molecule has 0 spiro atoms. The van der Waals surface area contributed by atoms with Crippen LogP contribution in [0.2, 0.25) is 0 Å². The molecule has 0 aliphatic rings. The Labute approximate surface area is 160 Å². The lowest BCUT2D eigenvalue weighted by Gasteiger charge is -2.08. The molecular formula is C18H14Br2F2O3. The highest BCUT2D eigenvalue weighted by Gasteiger charge is 2.19. The van der Waals surface area contributed by atoms with Gasteiger partial charge in [-0.2, -0.15) is 0 Å². The average Bonchev–Trinajstić information content (AvgIpc) is 2.57.